The van der Waals surface area contributed by atoms with Crippen LogP contribution in [0, 0.1) is 5.92 Å². The highest BCUT2D eigenvalue weighted by atomic mass is 16.7. The second-order valence-electron chi connectivity index (χ2n) is 6.23. The molecule has 0 amide bonds. The van der Waals surface area contributed by atoms with E-state index in [0.717, 1.165) is 19.3 Å². The summed E-state index contributed by atoms with van der Waals surface area (Å²) in [5.41, 5.74) is 1.36. The smallest absolute Gasteiger partial charge is 0.186 e. The summed E-state index contributed by atoms with van der Waals surface area (Å²) in [5.74, 6) is 0.633. The van der Waals surface area contributed by atoms with Gasteiger partial charge in [-0.25, -0.2) is 0 Å². The lowest BCUT2D eigenvalue weighted by molar-refractivity contribution is -0.270. The Labute approximate surface area is 127 Å². The molecule has 1 aliphatic heterocycles. The van der Waals surface area contributed by atoms with Crippen LogP contribution in [0.4, 0.5) is 0 Å². The van der Waals surface area contributed by atoms with Crippen molar-refractivity contribution in [3.8, 4) is 0 Å². The molecule has 0 aromatic heterocycles. The molecule has 5 heteroatoms. The molecule has 0 spiro atoms. The van der Waals surface area contributed by atoms with Crippen LogP contribution in [0.15, 0.2) is 11.6 Å². The second kappa shape index (κ2) is 9.54. The van der Waals surface area contributed by atoms with Crippen LogP contribution in [-0.4, -0.2) is 53.1 Å². The molecule has 5 nitrogen and oxygen atoms in total. The van der Waals surface area contributed by atoms with Gasteiger partial charge in [-0.1, -0.05) is 18.6 Å². The van der Waals surface area contributed by atoms with Crippen LogP contribution in [0.25, 0.3) is 0 Å². The predicted octanol–water partition coefficient (Wildman–Crippen LogP) is 1.60. The van der Waals surface area contributed by atoms with E-state index in [4.69, 9.17) is 9.47 Å². The van der Waals surface area contributed by atoms with Crippen LogP contribution >= 0.6 is 0 Å². The number of aliphatic hydroxyl groups excluding tert-OH is 3. The third-order valence-corrected chi connectivity index (χ3v) is 3.79. The Balaban J connectivity index is 2.12. The molecular formula is C16H30O5. The van der Waals surface area contributed by atoms with E-state index in [1.807, 2.05) is 0 Å². The Bertz CT molecular complexity index is 314. The highest BCUT2D eigenvalue weighted by molar-refractivity contribution is 4.92. The van der Waals surface area contributed by atoms with Crippen molar-refractivity contribution in [2.75, 3.05) is 13.2 Å². The average Bonchev–Trinajstić information content (AvgIpc) is 2.42. The van der Waals surface area contributed by atoms with Crippen LogP contribution in [0.3, 0.4) is 0 Å². The van der Waals surface area contributed by atoms with E-state index in [1.54, 1.807) is 0 Å². The third kappa shape index (κ3) is 6.89. The monoisotopic (exact) mass is 302 g/mol. The summed E-state index contributed by atoms with van der Waals surface area (Å²) in [7, 11) is 0. The van der Waals surface area contributed by atoms with E-state index in [2.05, 4.69) is 26.8 Å². The number of ether oxygens (including phenoxy) is 2. The van der Waals surface area contributed by atoms with E-state index in [1.165, 1.54) is 12.0 Å². The van der Waals surface area contributed by atoms with Gasteiger partial charge in [-0.2, -0.15) is 0 Å². The normalized spacial score (nSPS) is 31.0. The highest BCUT2D eigenvalue weighted by Crippen LogP contribution is 2.18. The molecule has 0 saturated carbocycles. The molecule has 0 aromatic carbocycles. The Morgan fingerprint density at radius 1 is 1.24 bits per heavy atom. The maximum Gasteiger partial charge on any atom is 0.186 e. The van der Waals surface area contributed by atoms with Crippen molar-refractivity contribution in [2.24, 2.45) is 5.92 Å². The van der Waals surface area contributed by atoms with Crippen LogP contribution in [-0.2, 0) is 9.47 Å². The Kier molecular flexibility index (Phi) is 8.44. The van der Waals surface area contributed by atoms with E-state index < -0.39 is 24.6 Å². The van der Waals surface area contributed by atoms with Gasteiger partial charge in [0.2, 0.25) is 0 Å². The predicted molar refractivity (Wildman–Crippen MR) is 80.8 cm³/mol. The minimum absolute atomic E-state index is 0.0119. The second-order valence-corrected chi connectivity index (χ2v) is 6.23. The van der Waals surface area contributed by atoms with Crippen LogP contribution in [0.5, 0.6) is 0 Å². The molecule has 21 heavy (non-hydrogen) atoms. The van der Waals surface area contributed by atoms with Crippen molar-refractivity contribution >= 4 is 0 Å². The van der Waals surface area contributed by atoms with E-state index in [9.17, 15) is 15.3 Å². The summed E-state index contributed by atoms with van der Waals surface area (Å²) in [6.07, 6.45) is 2.20. The number of hydrogen-bond donors (Lipinski definition) is 3. The Morgan fingerprint density at radius 3 is 2.62 bits per heavy atom. The van der Waals surface area contributed by atoms with Gasteiger partial charge < -0.3 is 24.8 Å². The van der Waals surface area contributed by atoms with Crippen LogP contribution in [0.1, 0.15) is 46.5 Å². The fraction of sp³-hybridized carbons (Fsp3) is 0.875. The lowest BCUT2D eigenvalue weighted by Gasteiger charge is -2.34. The zero-order valence-electron chi connectivity index (χ0n) is 13.4. The molecule has 0 aromatic rings. The van der Waals surface area contributed by atoms with Crippen molar-refractivity contribution in [3.63, 3.8) is 0 Å². The topological polar surface area (TPSA) is 79.2 Å². The van der Waals surface area contributed by atoms with E-state index in [-0.39, 0.29) is 6.61 Å². The lowest BCUT2D eigenvalue weighted by Crippen LogP contribution is -2.53. The first-order valence-electron chi connectivity index (χ1n) is 7.82. The summed E-state index contributed by atoms with van der Waals surface area (Å²) >= 11 is 0. The van der Waals surface area contributed by atoms with Crippen LogP contribution < -0.4 is 0 Å². The fourth-order valence-corrected chi connectivity index (χ4v) is 2.36. The first kappa shape index (κ1) is 18.6. The van der Waals surface area contributed by atoms with Crippen LogP contribution in [0.2, 0.25) is 0 Å². The molecule has 0 bridgehead atoms. The first-order valence-corrected chi connectivity index (χ1v) is 7.82. The van der Waals surface area contributed by atoms with Gasteiger partial charge in [0, 0.05) is 6.61 Å². The van der Waals surface area contributed by atoms with Gasteiger partial charge in [-0.05, 0) is 45.4 Å². The number of aliphatic hydroxyl groups is 3. The maximum absolute atomic E-state index is 9.72. The van der Waals surface area contributed by atoms with Crippen molar-refractivity contribution in [1.82, 2.24) is 0 Å². The number of hydrogen-bond acceptors (Lipinski definition) is 5. The quantitative estimate of drug-likeness (QED) is 0.469. The molecular weight excluding hydrogens is 272 g/mol. The molecule has 1 fully saturated rings. The molecule has 0 radical (unpaired) electrons. The maximum atomic E-state index is 9.72. The average molecular weight is 302 g/mol. The minimum Gasteiger partial charge on any atom is -0.388 e. The summed E-state index contributed by atoms with van der Waals surface area (Å²) < 4.78 is 10.6. The largest absolute Gasteiger partial charge is 0.388 e. The van der Waals surface area contributed by atoms with Crippen molar-refractivity contribution < 1.29 is 24.8 Å². The highest BCUT2D eigenvalue weighted by Gasteiger charge is 2.37. The SMILES string of the molecule is CC(C)=CCC[C@H](C)CCCOC1OC[C@@H](O)[C@H](O)[C@H]1O. The molecule has 1 saturated heterocycles. The summed E-state index contributed by atoms with van der Waals surface area (Å²) in [6, 6.07) is 0. The zero-order chi connectivity index (χ0) is 15.8. The first-order chi connectivity index (χ1) is 9.91. The van der Waals surface area contributed by atoms with Gasteiger partial charge in [0.25, 0.3) is 0 Å². The van der Waals surface area contributed by atoms with Gasteiger partial charge in [-0.3, -0.25) is 0 Å². The fourth-order valence-electron chi connectivity index (χ4n) is 2.36. The third-order valence-electron chi connectivity index (χ3n) is 3.79. The van der Waals surface area contributed by atoms with Crippen molar-refractivity contribution in [2.45, 2.75) is 71.1 Å². The summed E-state index contributed by atoms with van der Waals surface area (Å²) in [4.78, 5) is 0. The van der Waals surface area contributed by atoms with Gasteiger partial charge in [0.1, 0.15) is 18.3 Å². The molecule has 5 atom stereocenters. The molecule has 1 rings (SSSR count). The lowest BCUT2D eigenvalue weighted by atomic mass is 9.99. The van der Waals surface area contributed by atoms with E-state index in [0.29, 0.717) is 12.5 Å². The van der Waals surface area contributed by atoms with Gasteiger partial charge in [0.15, 0.2) is 6.29 Å². The molecule has 124 valence electrons. The minimum atomic E-state index is -1.20. The summed E-state index contributed by atoms with van der Waals surface area (Å²) in [6.45, 7) is 6.92. The van der Waals surface area contributed by atoms with Crippen molar-refractivity contribution in [1.29, 1.82) is 0 Å². The van der Waals surface area contributed by atoms with Gasteiger partial charge in [0.05, 0.1) is 6.61 Å². The molecule has 1 heterocycles. The molecule has 1 aliphatic rings. The number of allylic oxidation sites excluding steroid dienone is 2. The standard InChI is InChI=1S/C16H30O5/c1-11(2)6-4-7-12(3)8-5-9-20-16-15(19)14(18)13(17)10-21-16/h6,12-19H,4-5,7-10H2,1-3H3/t12-,13+,14-,15+,16?/m0/s1. The molecule has 0 aliphatic carbocycles. The Morgan fingerprint density at radius 2 is 1.95 bits per heavy atom. The number of rotatable bonds is 8. The zero-order valence-corrected chi connectivity index (χ0v) is 13.4. The van der Waals surface area contributed by atoms with Gasteiger partial charge >= 0.3 is 0 Å². The molecule has 1 unspecified atom stereocenters. The van der Waals surface area contributed by atoms with Gasteiger partial charge in [-0.15, -0.1) is 0 Å². The van der Waals surface area contributed by atoms with Crippen molar-refractivity contribution in [3.05, 3.63) is 11.6 Å². The molecule has 3 N–H and O–H groups in total. The Hall–Kier alpha value is -0.460. The van der Waals surface area contributed by atoms with E-state index >= 15 is 0 Å². The summed E-state index contributed by atoms with van der Waals surface area (Å²) in [5, 5.41) is 28.6.